The Morgan fingerprint density at radius 1 is 1.11 bits per heavy atom. The predicted molar refractivity (Wildman–Crippen MR) is 139 cm³/mol. The van der Waals surface area contributed by atoms with E-state index in [1.54, 1.807) is 25.2 Å². The van der Waals surface area contributed by atoms with Crippen LogP contribution >= 0.6 is 11.6 Å². The molecule has 0 aliphatic carbocycles. The lowest BCUT2D eigenvalue weighted by Crippen LogP contribution is -2.47. The van der Waals surface area contributed by atoms with Gasteiger partial charge in [0.2, 0.25) is 5.91 Å². The quantitative estimate of drug-likeness (QED) is 0.413. The van der Waals surface area contributed by atoms with Crippen LogP contribution in [0.15, 0.2) is 48.7 Å². The molecular weight excluding hydrogens is 464 g/mol. The molecule has 1 atom stereocenters. The van der Waals surface area contributed by atoms with Crippen molar-refractivity contribution in [3.8, 4) is 17.0 Å². The van der Waals surface area contributed by atoms with Gasteiger partial charge in [-0.25, -0.2) is 4.98 Å². The topological polar surface area (TPSA) is 96.1 Å². The monoisotopic (exact) mass is 496 g/mol. The number of imidazole rings is 1. The first-order chi connectivity index (χ1) is 16.5. The Kier molecular flexibility index (Phi) is 8.22. The second-order valence-electron chi connectivity index (χ2n) is 9.75. The van der Waals surface area contributed by atoms with Gasteiger partial charge in [0.05, 0.1) is 23.0 Å². The van der Waals surface area contributed by atoms with Crippen molar-refractivity contribution >= 4 is 23.4 Å². The Labute approximate surface area is 211 Å². The van der Waals surface area contributed by atoms with Crippen molar-refractivity contribution in [2.45, 2.75) is 58.6 Å². The molecular formula is C27H33ClN4O3. The van der Waals surface area contributed by atoms with Crippen molar-refractivity contribution in [2.24, 2.45) is 0 Å². The SMILES string of the molecule is CNC(=O)C(Cc1ccc(-c2cnc(C(C)(C)C)[nH]2)cc1)NC(=O)c1ccc(OC(C)C)c(Cl)c1. The van der Waals surface area contributed by atoms with Crippen molar-refractivity contribution in [1.82, 2.24) is 20.6 Å². The summed E-state index contributed by atoms with van der Waals surface area (Å²) in [4.78, 5) is 33.2. The molecule has 1 aromatic heterocycles. The van der Waals surface area contributed by atoms with Gasteiger partial charge in [-0.15, -0.1) is 0 Å². The minimum absolute atomic E-state index is 0.0370. The van der Waals surface area contributed by atoms with Crippen molar-refractivity contribution in [3.63, 3.8) is 0 Å². The molecule has 3 aromatic rings. The Morgan fingerprint density at radius 3 is 2.34 bits per heavy atom. The molecule has 0 saturated carbocycles. The van der Waals surface area contributed by atoms with Crippen LogP contribution in [0.5, 0.6) is 5.75 Å². The summed E-state index contributed by atoms with van der Waals surface area (Å²) >= 11 is 6.27. The van der Waals surface area contributed by atoms with E-state index in [4.69, 9.17) is 16.3 Å². The Balaban J connectivity index is 1.72. The van der Waals surface area contributed by atoms with E-state index in [1.165, 1.54) is 0 Å². The molecule has 1 heterocycles. The zero-order valence-corrected chi connectivity index (χ0v) is 21.8. The minimum Gasteiger partial charge on any atom is -0.489 e. The zero-order chi connectivity index (χ0) is 25.8. The lowest BCUT2D eigenvalue weighted by molar-refractivity contribution is -0.122. The van der Waals surface area contributed by atoms with E-state index in [1.807, 2.05) is 44.3 Å². The second kappa shape index (κ2) is 11.0. The van der Waals surface area contributed by atoms with Crippen LogP contribution in [0.1, 0.15) is 56.4 Å². The summed E-state index contributed by atoms with van der Waals surface area (Å²) in [7, 11) is 1.55. The fourth-order valence-electron chi connectivity index (χ4n) is 3.52. The molecule has 0 bridgehead atoms. The van der Waals surface area contributed by atoms with Crippen LogP contribution < -0.4 is 15.4 Å². The first-order valence-corrected chi connectivity index (χ1v) is 12.0. The summed E-state index contributed by atoms with van der Waals surface area (Å²) in [6.07, 6.45) is 2.13. The first-order valence-electron chi connectivity index (χ1n) is 11.6. The van der Waals surface area contributed by atoms with Crippen molar-refractivity contribution in [1.29, 1.82) is 0 Å². The van der Waals surface area contributed by atoms with Crippen molar-refractivity contribution in [3.05, 3.63) is 70.6 Å². The summed E-state index contributed by atoms with van der Waals surface area (Å²) in [6.45, 7) is 10.1. The van der Waals surface area contributed by atoms with Crippen LogP contribution in [0.4, 0.5) is 0 Å². The molecule has 7 nitrogen and oxygen atoms in total. The second-order valence-corrected chi connectivity index (χ2v) is 10.2. The molecule has 3 N–H and O–H groups in total. The van der Waals surface area contributed by atoms with E-state index < -0.39 is 6.04 Å². The van der Waals surface area contributed by atoms with Gasteiger partial charge in [0.25, 0.3) is 5.91 Å². The molecule has 0 saturated heterocycles. The molecule has 0 spiro atoms. The first kappa shape index (κ1) is 26.3. The summed E-state index contributed by atoms with van der Waals surface area (Å²) in [5.41, 5.74) is 3.12. The molecule has 0 aliphatic heterocycles. The van der Waals surface area contributed by atoms with Crippen molar-refractivity contribution in [2.75, 3.05) is 7.05 Å². The number of ether oxygens (including phenoxy) is 1. The number of hydrogen-bond donors (Lipinski definition) is 3. The molecule has 3 rings (SSSR count). The summed E-state index contributed by atoms with van der Waals surface area (Å²) in [6, 6.07) is 11.9. The number of benzene rings is 2. The highest BCUT2D eigenvalue weighted by molar-refractivity contribution is 6.32. The number of halogens is 1. The zero-order valence-electron chi connectivity index (χ0n) is 21.0. The van der Waals surface area contributed by atoms with E-state index in [0.717, 1.165) is 22.6 Å². The number of hydrogen-bond acceptors (Lipinski definition) is 4. The van der Waals surface area contributed by atoms with Crippen LogP contribution in [0.25, 0.3) is 11.3 Å². The molecule has 1 unspecified atom stereocenters. The highest BCUT2D eigenvalue weighted by Gasteiger charge is 2.22. The van der Waals surface area contributed by atoms with Crippen LogP contribution in [0.2, 0.25) is 5.02 Å². The summed E-state index contributed by atoms with van der Waals surface area (Å²) in [5, 5.41) is 5.78. The number of rotatable bonds is 8. The number of likely N-dealkylation sites (N-methyl/N-ethyl adjacent to an activating group) is 1. The summed E-state index contributed by atoms with van der Waals surface area (Å²) < 4.78 is 5.62. The Hall–Kier alpha value is -3.32. The Morgan fingerprint density at radius 2 is 1.80 bits per heavy atom. The van der Waals surface area contributed by atoms with E-state index in [0.29, 0.717) is 22.8 Å². The fraction of sp³-hybridized carbons (Fsp3) is 0.370. The van der Waals surface area contributed by atoms with Crippen LogP contribution in [0.3, 0.4) is 0 Å². The van der Waals surface area contributed by atoms with Gasteiger partial charge in [-0.2, -0.15) is 0 Å². The number of H-pyrrole nitrogens is 1. The molecule has 186 valence electrons. The average molecular weight is 497 g/mol. The number of nitrogens with zero attached hydrogens (tertiary/aromatic N) is 1. The lowest BCUT2D eigenvalue weighted by atomic mass is 9.96. The number of aromatic amines is 1. The number of amides is 2. The van der Waals surface area contributed by atoms with Gasteiger partial charge < -0.3 is 20.4 Å². The van der Waals surface area contributed by atoms with Gasteiger partial charge in [-0.3, -0.25) is 9.59 Å². The van der Waals surface area contributed by atoms with E-state index in [2.05, 4.69) is 41.4 Å². The summed E-state index contributed by atoms with van der Waals surface area (Å²) in [5.74, 6) is 0.757. The third-order valence-corrected chi connectivity index (χ3v) is 5.71. The number of nitrogens with one attached hydrogen (secondary N) is 3. The van der Waals surface area contributed by atoms with Crippen LogP contribution in [-0.4, -0.2) is 41.0 Å². The smallest absolute Gasteiger partial charge is 0.251 e. The maximum absolute atomic E-state index is 12.9. The Bertz CT molecular complexity index is 1180. The third kappa shape index (κ3) is 6.85. The van der Waals surface area contributed by atoms with E-state index in [-0.39, 0.29) is 23.3 Å². The van der Waals surface area contributed by atoms with Gasteiger partial charge in [0.1, 0.15) is 17.6 Å². The van der Waals surface area contributed by atoms with Crippen LogP contribution in [0, 0.1) is 0 Å². The van der Waals surface area contributed by atoms with Crippen LogP contribution in [-0.2, 0) is 16.6 Å². The maximum Gasteiger partial charge on any atom is 0.251 e. The molecule has 2 amide bonds. The number of carbonyl (C=O) groups is 2. The molecule has 0 radical (unpaired) electrons. The largest absolute Gasteiger partial charge is 0.489 e. The fourth-order valence-corrected chi connectivity index (χ4v) is 3.75. The number of aromatic nitrogens is 2. The van der Waals surface area contributed by atoms with E-state index >= 15 is 0 Å². The minimum atomic E-state index is -0.747. The lowest BCUT2D eigenvalue weighted by Gasteiger charge is -2.18. The predicted octanol–water partition coefficient (Wildman–Crippen LogP) is 4.90. The molecule has 8 heteroatoms. The van der Waals surface area contributed by atoms with Gasteiger partial charge in [0.15, 0.2) is 0 Å². The number of carbonyl (C=O) groups excluding carboxylic acids is 2. The van der Waals surface area contributed by atoms with Gasteiger partial charge in [-0.05, 0) is 43.2 Å². The van der Waals surface area contributed by atoms with Gasteiger partial charge in [-0.1, -0.05) is 56.6 Å². The van der Waals surface area contributed by atoms with Gasteiger partial charge in [0, 0.05) is 24.4 Å². The van der Waals surface area contributed by atoms with Gasteiger partial charge >= 0.3 is 0 Å². The molecule has 35 heavy (non-hydrogen) atoms. The van der Waals surface area contributed by atoms with E-state index in [9.17, 15) is 9.59 Å². The third-order valence-electron chi connectivity index (χ3n) is 5.42. The maximum atomic E-state index is 12.9. The molecule has 2 aromatic carbocycles. The molecule has 0 fully saturated rings. The highest BCUT2D eigenvalue weighted by Crippen LogP contribution is 2.27. The normalized spacial score (nSPS) is 12.3. The molecule has 0 aliphatic rings. The highest BCUT2D eigenvalue weighted by atomic mass is 35.5. The van der Waals surface area contributed by atoms with Crippen molar-refractivity contribution < 1.29 is 14.3 Å². The standard InChI is InChI=1S/C27H33ClN4O3/c1-16(2)35-23-12-11-19(14-20(23)28)24(33)31-21(25(34)29-6)13-17-7-9-18(10-8-17)22-15-30-26(32-22)27(3,4)5/h7-12,14-16,21H,13H2,1-6H3,(H,29,34)(H,30,32)(H,31,33). The average Bonchev–Trinajstić information content (AvgIpc) is 3.30.